The number of alkyl halides is 6. The van der Waals surface area contributed by atoms with Gasteiger partial charge in [0.2, 0.25) is 23.8 Å². The molecular formula is C58H62Cl2F6N14O8. The number of nitrogens with zero attached hydrogens (tertiary/aromatic N) is 6. The number of carboxylic acids is 2. The number of hydrogen-bond acceptors (Lipinski definition) is 18. The smallest absolute Gasteiger partial charge is 0.422 e. The highest BCUT2D eigenvalue weighted by Crippen LogP contribution is 2.49. The molecule has 0 aliphatic heterocycles. The fourth-order valence-electron chi connectivity index (χ4n) is 8.69. The Morgan fingerprint density at radius 1 is 0.523 bits per heavy atom. The average Bonchev–Trinajstić information content (AvgIpc) is 3.17. The van der Waals surface area contributed by atoms with Crippen molar-refractivity contribution in [2.45, 2.75) is 126 Å². The van der Waals surface area contributed by atoms with Crippen molar-refractivity contribution in [2.75, 3.05) is 34.5 Å². The van der Waals surface area contributed by atoms with Crippen molar-refractivity contribution in [1.82, 2.24) is 40.5 Å². The van der Waals surface area contributed by atoms with Gasteiger partial charge in [0.25, 0.3) is 11.8 Å². The Hall–Kier alpha value is -8.92. The van der Waals surface area contributed by atoms with Gasteiger partial charge in [-0.3, -0.25) is 9.59 Å². The summed E-state index contributed by atoms with van der Waals surface area (Å²) in [6.07, 6.45) is -2.34. The van der Waals surface area contributed by atoms with E-state index in [0.717, 1.165) is 36.8 Å². The third-order valence-electron chi connectivity index (χ3n) is 13.6. The second kappa shape index (κ2) is 29.7. The van der Waals surface area contributed by atoms with E-state index in [1.807, 2.05) is 24.3 Å². The Bertz CT molecular complexity index is 3190. The number of aliphatic carboxylic acids is 2. The molecule has 8 rings (SSSR count). The number of aromatic nitrogens is 6. The van der Waals surface area contributed by atoms with Crippen LogP contribution in [-0.2, 0) is 20.7 Å². The monoisotopic (exact) mass is 1270 g/mol. The zero-order valence-electron chi connectivity index (χ0n) is 47.3. The maximum atomic E-state index is 12.8. The number of halogens is 8. The number of carboxylic acid groups (broad SMARTS) is 2. The van der Waals surface area contributed by atoms with Crippen LogP contribution in [0, 0.1) is 10.8 Å². The quantitative estimate of drug-likeness (QED) is 0.0114. The number of carbonyl (C=O) groups is 4. The molecule has 30 heteroatoms. The molecule has 0 spiro atoms. The third kappa shape index (κ3) is 21.2. The number of rotatable bonds is 30. The first-order chi connectivity index (χ1) is 41.6. The number of nitrogens with one attached hydrogen (secondary N) is 8. The van der Waals surface area contributed by atoms with Gasteiger partial charge in [-0.15, -0.1) is 0 Å². The van der Waals surface area contributed by atoms with E-state index < -0.39 is 84.5 Å². The Labute approximate surface area is 510 Å². The summed E-state index contributed by atoms with van der Waals surface area (Å²) in [5.41, 5.74) is 2.99. The molecule has 0 unspecified atom stereocenters. The number of ether oxygens (including phenoxy) is 2. The fraction of sp³-hybridized carbons (Fsp3) is 0.379. The first kappa shape index (κ1) is 66.6. The predicted molar refractivity (Wildman–Crippen MR) is 316 cm³/mol. The van der Waals surface area contributed by atoms with Crippen LogP contribution in [-0.4, -0.2) is 113 Å². The van der Waals surface area contributed by atoms with Crippen molar-refractivity contribution in [2.24, 2.45) is 0 Å². The largest absolute Gasteiger partial charge is 0.480 e. The molecule has 2 fully saturated rings. The number of unbranched alkanes of at least 4 members (excludes halogenated alkanes) is 2. The highest BCUT2D eigenvalue weighted by atomic mass is 35.5. The highest BCUT2D eigenvalue weighted by molar-refractivity contribution is 6.30. The van der Waals surface area contributed by atoms with Crippen molar-refractivity contribution >= 4 is 93.5 Å². The van der Waals surface area contributed by atoms with Crippen molar-refractivity contribution in [3.8, 4) is 12.0 Å². The van der Waals surface area contributed by atoms with Gasteiger partial charge in [0.05, 0.1) is 11.1 Å². The number of carbonyl (C=O) groups excluding carboxylic acids is 2. The minimum Gasteiger partial charge on any atom is -0.480 e. The van der Waals surface area contributed by atoms with Crippen LogP contribution in [0.15, 0.2) is 97.1 Å². The van der Waals surface area contributed by atoms with E-state index in [4.69, 9.17) is 43.5 Å². The fourth-order valence-corrected chi connectivity index (χ4v) is 8.94. The lowest BCUT2D eigenvalue weighted by molar-refractivity contribution is -0.155. The molecule has 4 aromatic carbocycles. The van der Waals surface area contributed by atoms with Crippen molar-refractivity contribution in [3.05, 3.63) is 129 Å². The van der Waals surface area contributed by atoms with Gasteiger partial charge in [-0.25, -0.2) is 9.59 Å². The van der Waals surface area contributed by atoms with Crippen LogP contribution >= 0.6 is 23.2 Å². The van der Waals surface area contributed by atoms with Crippen LogP contribution in [0.2, 0.25) is 10.0 Å². The zero-order chi connectivity index (χ0) is 63.8. The molecule has 6 aromatic rings. The molecule has 2 amide bonds. The van der Waals surface area contributed by atoms with Crippen LogP contribution in [0.3, 0.4) is 0 Å². The van der Waals surface area contributed by atoms with Gasteiger partial charge >= 0.3 is 36.3 Å². The van der Waals surface area contributed by atoms with Crippen molar-refractivity contribution in [3.63, 3.8) is 0 Å². The topological polar surface area (TPSA) is 324 Å². The Morgan fingerprint density at radius 3 is 1.15 bits per heavy atom. The summed E-state index contributed by atoms with van der Waals surface area (Å²) < 4.78 is 86.7. The maximum absolute atomic E-state index is 12.8. The molecule has 0 saturated heterocycles. The van der Waals surface area contributed by atoms with E-state index in [1.54, 1.807) is 38.1 Å². The lowest BCUT2D eigenvalue weighted by Gasteiger charge is -2.19. The average molecular weight is 1270 g/mol. The van der Waals surface area contributed by atoms with E-state index in [1.165, 1.54) is 48.5 Å². The zero-order valence-corrected chi connectivity index (χ0v) is 48.9. The lowest BCUT2D eigenvalue weighted by Crippen LogP contribution is -2.40. The van der Waals surface area contributed by atoms with Crippen LogP contribution in [0.4, 0.5) is 61.5 Å². The molecule has 0 radical (unpaired) electrons. The van der Waals surface area contributed by atoms with Gasteiger partial charge in [-0.2, -0.15) is 56.2 Å². The van der Waals surface area contributed by atoms with E-state index >= 15 is 0 Å². The minimum atomic E-state index is -4.61. The number of benzene rings is 4. The molecule has 2 aliphatic rings. The second-order valence-electron chi connectivity index (χ2n) is 21.0. The van der Waals surface area contributed by atoms with Crippen LogP contribution in [0.5, 0.6) is 12.0 Å². The normalized spacial score (nSPS) is 14.3. The molecular weight excluding hydrogens is 1210 g/mol. The molecule has 2 aromatic heterocycles. The second-order valence-corrected chi connectivity index (χ2v) is 21.8. The lowest BCUT2D eigenvalue weighted by atomic mass is 10.1. The van der Waals surface area contributed by atoms with Gasteiger partial charge in [0.15, 0.2) is 13.2 Å². The molecule has 2 heterocycles. The predicted octanol–water partition coefficient (Wildman–Crippen LogP) is 12.2. The molecule has 88 heavy (non-hydrogen) atoms. The summed E-state index contributed by atoms with van der Waals surface area (Å²) in [5.74, 6) is -3.69. The summed E-state index contributed by atoms with van der Waals surface area (Å²) in [7, 11) is 0. The first-order valence-corrected chi connectivity index (χ1v) is 28.3. The van der Waals surface area contributed by atoms with E-state index in [-0.39, 0.29) is 47.8 Å². The van der Waals surface area contributed by atoms with E-state index in [9.17, 15) is 55.7 Å². The first-order valence-electron chi connectivity index (χ1n) is 27.5. The molecule has 2 atom stereocenters. The van der Waals surface area contributed by atoms with Gasteiger partial charge in [0.1, 0.15) is 12.1 Å². The van der Waals surface area contributed by atoms with Gasteiger partial charge in [-0.1, -0.05) is 60.3 Å². The Kier molecular flexibility index (Phi) is 22.4. The SMILES string of the molecule is CC(=N)CCCC[C@@H](NC(=O)c1ccc(Nc2nc(NC3(c4ccc(Cl)cc4)CC3)nc(OCC(F)(F)F)n2)cc1)C(=O)O.CC(=N)CCCC[C@H](NC(=O)c1ccc(Nc2nc(NC3(c4ccc(Cl)cc4)CC3)nc(OCC(F)(F)F)n2)cc1)C(=O)O. The summed E-state index contributed by atoms with van der Waals surface area (Å²) in [5, 5.41) is 52.2. The van der Waals surface area contributed by atoms with Crippen molar-refractivity contribution in [1.29, 1.82) is 10.8 Å². The number of hydrogen-bond donors (Lipinski definition) is 10. The van der Waals surface area contributed by atoms with Gasteiger partial charge in [-0.05, 0) is 162 Å². The highest BCUT2D eigenvalue weighted by Gasteiger charge is 2.46. The minimum absolute atomic E-state index is 0.00129. The van der Waals surface area contributed by atoms with Crippen molar-refractivity contribution < 1.29 is 65.2 Å². The summed E-state index contributed by atoms with van der Waals surface area (Å²) in [6.45, 7) is 0.167. The molecule has 10 N–H and O–H groups in total. The van der Waals surface area contributed by atoms with E-state index in [2.05, 4.69) is 61.8 Å². The molecule has 2 aliphatic carbocycles. The number of amides is 2. The van der Waals surface area contributed by atoms with Crippen LogP contribution in [0.1, 0.15) is 123 Å². The van der Waals surface area contributed by atoms with Gasteiger partial charge in [0, 0.05) is 44.0 Å². The third-order valence-corrected chi connectivity index (χ3v) is 14.1. The summed E-state index contributed by atoms with van der Waals surface area (Å²) in [6, 6.07) is 23.0. The molecule has 2 saturated carbocycles. The summed E-state index contributed by atoms with van der Waals surface area (Å²) >= 11 is 12.0. The van der Waals surface area contributed by atoms with E-state index in [0.29, 0.717) is 71.4 Å². The van der Waals surface area contributed by atoms with Crippen LogP contribution in [0.25, 0.3) is 0 Å². The Balaban J connectivity index is 0.000000251. The summed E-state index contributed by atoms with van der Waals surface area (Å²) in [4.78, 5) is 73.2. The molecule has 0 bridgehead atoms. The standard InChI is InChI=1S/2C29H31ClF3N7O4/c2*1-17(34)4-2-3-5-22(24(42)43)36-23(41)18-6-12-21(13-7-18)35-25-37-26(39-27(38-25)44-16-29(31,32)33)40-28(14-15-28)19-8-10-20(30)11-9-19/h2*6-13,22,34H,2-5,14-16H2,1H3,(H,36,41)(H,42,43)(H2,35,37,38,39,40)/t2*22-/m10/s1. The maximum Gasteiger partial charge on any atom is 0.422 e. The molecule has 468 valence electrons. The Morgan fingerprint density at radius 2 is 0.852 bits per heavy atom. The number of anilines is 6. The van der Waals surface area contributed by atoms with Crippen LogP contribution < -0.4 is 41.4 Å². The molecule has 22 nitrogen and oxygen atoms in total. The van der Waals surface area contributed by atoms with Gasteiger partial charge < -0.3 is 62.4 Å².